The molecule has 0 N–H and O–H groups in total. The van der Waals surface area contributed by atoms with Crippen LogP contribution in [0.2, 0.25) is 0 Å². The van der Waals surface area contributed by atoms with E-state index in [-0.39, 0.29) is 0 Å². The maximum absolute atomic E-state index is 12.1. The Kier molecular flexibility index (Phi) is 3.55. The normalized spacial score (nSPS) is 12.0. The van der Waals surface area contributed by atoms with Crippen molar-refractivity contribution in [3.8, 4) is 0 Å². The van der Waals surface area contributed by atoms with E-state index in [1.165, 1.54) is 0 Å². The fourth-order valence-corrected chi connectivity index (χ4v) is 1.12. The number of aryl methyl sites for hydroxylation is 1. The number of halogens is 3. The lowest BCUT2D eigenvalue weighted by atomic mass is 10.1. The largest absolute Gasteiger partial charge is 0.452 e. The predicted octanol–water partition coefficient (Wildman–Crippen LogP) is 3.43. The number of hydrogen-bond acceptors (Lipinski definition) is 2. The van der Waals surface area contributed by atoms with Gasteiger partial charge in [-0.1, -0.05) is 24.9 Å². The van der Waals surface area contributed by atoms with Crippen molar-refractivity contribution in [2.24, 2.45) is 0 Å². The maximum atomic E-state index is 12.1. The van der Waals surface area contributed by atoms with Gasteiger partial charge in [-0.05, 0) is 12.8 Å². The molecule has 0 atom stereocenters. The summed E-state index contributed by atoms with van der Waals surface area (Å²) in [7, 11) is 0. The van der Waals surface area contributed by atoms with E-state index in [0.717, 1.165) is 25.3 Å². The van der Waals surface area contributed by atoms with Gasteiger partial charge >= 0.3 is 6.18 Å². The van der Waals surface area contributed by atoms with Crippen molar-refractivity contribution in [1.29, 1.82) is 0 Å². The van der Waals surface area contributed by atoms with Crippen molar-refractivity contribution in [3.05, 3.63) is 17.5 Å². The highest BCUT2D eigenvalue weighted by Gasteiger charge is 2.35. The first-order chi connectivity index (χ1) is 6.54. The maximum Gasteiger partial charge on any atom is 0.452 e. The van der Waals surface area contributed by atoms with Gasteiger partial charge in [0.05, 0.1) is 5.69 Å². The van der Waals surface area contributed by atoms with Gasteiger partial charge in [-0.25, -0.2) is 0 Å². The summed E-state index contributed by atoms with van der Waals surface area (Å²) >= 11 is 0. The molecule has 0 aromatic carbocycles. The molecule has 0 spiro atoms. The second-order valence-corrected chi connectivity index (χ2v) is 3.14. The van der Waals surface area contributed by atoms with Gasteiger partial charge in [-0.2, -0.15) is 13.2 Å². The van der Waals surface area contributed by atoms with Crippen LogP contribution in [0.5, 0.6) is 0 Å². The molecule has 0 saturated carbocycles. The van der Waals surface area contributed by atoms with Crippen LogP contribution < -0.4 is 0 Å². The standard InChI is InChI=1S/C9H12F3NO/c1-2-3-4-5-7-6-8(14-13-7)9(10,11)12/h6H,2-5H2,1H3. The smallest absolute Gasteiger partial charge is 0.351 e. The highest BCUT2D eigenvalue weighted by molar-refractivity contribution is 5.08. The van der Waals surface area contributed by atoms with Crippen LogP contribution in [0.15, 0.2) is 10.6 Å². The summed E-state index contributed by atoms with van der Waals surface area (Å²) in [5.74, 6) is -1.01. The summed E-state index contributed by atoms with van der Waals surface area (Å²) < 4.78 is 40.4. The molecule has 1 heterocycles. The van der Waals surface area contributed by atoms with Crippen LogP contribution in [-0.2, 0) is 12.6 Å². The number of hydrogen-bond donors (Lipinski definition) is 0. The van der Waals surface area contributed by atoms with Gasteiger partial charge in [0.1, 0.15) is 0 Å². The average molecular weight is 207 g/mol. The first-order valence-corrected chi connectivity index (χ1v) is 4.57. The molecular weight excluding hydrogens is 195 g/mol. The minimum atomic E-state index is -4.42. The molecule has 0 aliphatic rings. The highest BCUT2D eigenvalue weighted by atomic mass is 19.4. The van der Waals surface area contributed by atoms with E-state index in [1.807, 2.05) is 6.92 Å². The summed E-state index contributed by atoms with van der Waals surface area (Å²) in [6.45, 7) is 2.03. The Morgan fingerprint density at radius 3 is 2.57 bits per heavy atom. The van der Waals surface area contributed by atoms with Gasteiger partial charge in [0.2, 0.25) is 5.76 Å². The number of alkyl halides is 3. The van der Waals surface area contributed by atoms with E-state index in [2.05, 4.69) is 9.68 Å². The Bertz CT molecular complexity index is 280. The van der Waals surface area contributed by atoms with E-state index in [0.29, 0.717) is 12.1 Å². The molecular formula is C9H12F3NO. The summed E-state index contributed by atoms with van der Waals surface area (Å²) in [6.07, 6.45) is -0.998. The molecule has 1 aromatic heterocycles. The first-order valence-electron chi connectivity index (χ1n) is 4.57. The third kappa shape index (κ3) is 3.05. The third-order valence-electron chi connectivity index (χ3n) is 1.87. The number of rotatable bonds is 4. The Morgan fingerprint density at radius 1 is 1.36 bits per heavy atom. The van der Waals surface area contributed by atoms with E-state index in [9.17, 15) is 13.2 Å². The molecule has 0 unspecified atom stereocenters. The average Bonchev–Trinajstić information content (AvgIpc) is 2.52. The van der Waals surface area contributed by atoms with Gasteiger partial charge in [-0.3, -0.25) is 0 Å². The molecule has 0 aliphatic heterocycles. The monoisotopic (exact) mass is 207 g/mol. The SMILES string of the molecule is CCCCCc1cc(C(F)(F)F)on1. The van der Waals surface area contributed by atoms with Crippen molar-refractivity contribution >= 4 is 0 Å². The Labute approximate surface area is 80.1 Å². The molecule has 80 valence electrons. The highest BCUT2D eigenvalue weighted by Crippen LogP contribution is 2.29. The lowest BCUT2D eigenvalue weighted by molar-refractivity contribution is -0.155. The molecule has 0 saturated heterocycles. The zero-order valence-corrected chi connectivity index (χ0v) is 7.90. The van der Waals surface area contributed by atoms with E-state index >= 15 is 0 Å². The van der Waals surface area contributed by atoms with Crippen molar-refractivity contribution in [2.75, 3.05) is 0 Å². The Balaban J connectivity index is 2.51. The molecule has 1 aromatic rings. The second-order valence-electron chi connectivity index (χ2n) is 3.14. The first kappa shape index (κ1) is 11.1. The molecule has 14 heavy (non-hydrogen) atoms. The minimum absolute atomic E-state index is 0.380. The molecule has 0 amide bonds. The second kappa shape index (κ2) is 4.48. The van der Waals surface area contributed by atoms with Crippen LogP contribution in [0.3, 0.4) is 0 Å². The summed E-state index contributed by atoms with van der Waals surface area (Å²) in [4.78, 5) is 0. The number of nitrogens with zero attached hydrogens (tertiary/aromatic N) is 1. The van der Waals surface area contributed by atoms with E-state index in [4.69, 9.17) is 0 Å². The fourth-order valence-electron chi connectivity index (χ4n) is 1.12. The molecule has 5 heteroatoms. The summed E-state index contributed by atoms with van der Waals surface area (Å²) in [6, 6.07) is 0.968. The Morgan fingerprint density at radius 2 is 2.07 bits per heavy atom. The van der Waals surface area contributed by atoms with E-state index in [1.54, 1.807) is 0 Å². The molecule has 0 aliphatic carbocycles. The van der Waals surface area contributed by atoms with Crippen molar-refractivity contribution < 1.29 is 17.7 Å². The third-order valence-corrected chi connectivity index (χ3v) is 1.87. The molecule has 1 rings (SSSR count). The van der Waals surface area contributed by atoms with Crippen LogP contribution in [0.25, 0.3) is 0 Å². The Hall–Kier alpha value is -1.00. The summed E-state index contributed by atoms with van der Waals surface area (Å²) in [5, 5.41) is 3.36. The zero-order chi connectivity index (χ0) is 10.6. The quantitative estimate of drug-likeness (QED) is 0.707. The molecule has 0 bridgehead atoms. The topological polar surface area (TPSA) is 26.0 Å². The van der Waals surface area contributed by atoms with Crippen LogP contribution in [-0.4, -0.2) is 5.16 Å². The summed E-state index contributed by atoms with van der Waals surface area (Å²) in [5.41, 5.74) is 0.380. The molecule has 2 nitrogen and oxygen atoms in total. The lowest BCUT2D eigenvalue weighted by Crippen LogP contribution is -2.02. The van der Waals surface area contributed by atoms with Crippen molar-refractivity contribution in [2.45, 2.75) is 38.8 Å². The van der Waals surface area contributed by atoms with Gasteiger partial charge < -0.3 is 4.52 Å². The number of aromatic nitrogens is 1. The van der Waals surface area contributed by atoms with Crippen LogP contribution >= 0.6 is 0 Å². The fraction of sp³-hybridized carbons (Fsp3) is 0.667. The van der Waals surface area contributed by atoms with Crippen LogP contribution in [0, 0.1) is 0 Å². The van der Waals surface area contributed by atoms with Gasteiger partial charge in [-0.15, -0.1) is 0 Å². The van der Waals surface area contributed by atoms with Crippen molar-refractivity contribution in [1.82, 2.24) is 5.16 Å². The van der Waals surface area contributed by atoms with Gasteiger partial charge in [0.25, 0.3) is 0 Å². The van der Waals surface area contributed by atoms with Crippen LogP contribution in [0.1, 0.15) is 37.6 Å². The predicted molar refractivity (Wildman–Crippen MR) is 44.7 cm³/mol. The van der Waals surface area contributed by atoms with E-state index < -0.39 is 11.9 Å². The zero-order valence-electron chi connectivity index (χ0n) is 7.90. The molecule has 0 radical (unpaired) electrons. The number of unbranched alkanes of at least 4 members (excludes halogenated alkanes) is 2. The lowest BCUT2D eigenvalue weighted by Gasteiger charge is -1.97. The molecule has 0 fully saturated rings. The minimum Gasteiger partial charge on any atom is -0.351 e. The van der Waals surface area contributed by atoms with Crippen molar-refractivity contribution in [3.63, 3.8) is 0 Å². The van der Waals surface area contributed by atoms with Gasteiger partial charge in [0.15, 0.2) is 0 Å². The van der Waals surface area contributed by atoms with Gasteiger partial charge in [0, 0.05) is 6.07 Å². The van der Waals surface area contributed by atoms with Crippen LogP contribution in [0.4, 0.5) is 13.2 Å².